The van der Waals surface area contributed by atoms with Gasteiger partial charge in [-0.15, -0.1) is 13.2 Å². The third kappa shape index (κ3) is 4.57. The van der Waals surface area contributed by atoms with Crippen LogP contribution >= 0.6 is 0 Å². The van der Waals surface area contributed by atoms with E-state index >= 15 is 0 Å². The summed E-state index contributed by atoms with van der Waals surface area (Å²) in [7, 11) is 0. The third-order valence-electron chi connectivity index (χ3n) is 6.38. The normalized spacial score (nSPS) is 12.9. The predicted molar refractivity (Wildman–Crippen MR) is 127 cm³/mol. The fourth-order valence-electron chi connectivity index (χ4n) is 4.81. The molecular formula is C29H20F6O. The van der Waals surface area contributed by atoms with Crippen LogP contribution in [0.4, 0.5) is 26.3 Å². The van der Waals surface area contributed by atoms with E-state index in [-0.39, 0.29) is 11.1 Å². The highest BCUT2D eigenvalue weighted by atomic mass is 19.4. The van der Waals surface area contributed by atoms with Gasteiger partial charge in [0, 0.05) is 5.56 Å². The van der Waals surface area contributed by atoms with Crippen molar-refractivity contribution in [1.29, 1.82) is 0 Å². The standard InChI is InChI=1S/C29H20F6O/c1-16-5-3-6-18(9-16)23-14-24-20(10-17(23)2)11-21-13-27(36-29(33,34)35)26(15-25(21)24)19-7-4-8-22(12-19)28(30,31)32/h3-10,12-15H,11H2,1-2H3. The Morgan fingerprint density at radius 2 is 1.25 bits per heavy atom. The molecule has 4 aromatic rings. The van der Waals surface area contributed by atoms with Gasteiger partial charge in [0.15, 0.2) is 0 Å². The van der Waals surface area contributed by atoms with Crippen molar-refractivity contribution in [3.8, 4) is 39.1 Å². The maximum Gasteiger partial charge on any atom is 0.573 e. The summed E-state index contributed by atoms with van der Waals surface area (Å²) in [6.07, 6.45) is -9.23. The Labute approximate surface area is 204 Å². The minimum atomic E-state index is -5.00. The fraction of sp³-hybridized carbons (Fsp3) is 0.172. The molecule has 0 saturated carbocycles. The Balaban J connectivity index is 1.70. The van der Waals surface area contributed by atoms with Crippen LogP contribution in [0.5, 0.6) is 5.75 Å². The molecule has 0 spiro atoms. The van der Waals surface area contributed by atoms with E-state index in [0.29, 0.717) is 17.5 Å². The molecule has 0 radical (unpaired) electrons. The van der Waals surface area contributed by atoms with Gasteiger partial charge in [-0.3, -0.25) is 0 Å². The lowest BCUT2D eigenvalue weighted by molar-refractivity contribution is -0.274. The van der Waals surface area contributed by atoms with E-state index < -0.39 is 23.9 Å². The second-order valence-corrected chi connectivity index (χ2v) is 9.00. The number of aryl methyl sites for hydroxylation is 2. The number of ether oxygens (including phenoxy) is 1. The van der Waals surface area contributed by atoms with E-state index in [0.717, 1.165) is 45.5 Å². The Bertz CT molecular complexity index is 1480. The van der Waals surface area contributed by atoms with E-state index in [1.54, 1.807) is 0 Å². The lowest BCUT2D eigenvalue weighted by atomic mass is 9.92. The summed E-state index contributed by atoms with van der Waals surface area (Å²) in [6, 6.07) is 19.1. The summed E-state index contributed by atoms with van der Waals surface area (Å²) < 4.78 is 84.0. The van der Waals surface area contributed by atoms with Gasteiger partial charge in [0.25, 0.3) is 0 Å². The van der Waals surface area contributed by atoms with E-state index in [1.165, 1.54) is 24.3 Å². The van der Waals surface area contributed by atoms with E-state index in [4.69, 9.17) is 0 Å². The van der Waals surface area contributed by atoms with Crippen LogP contribution < -0.4 is 4.74 Å². The second-order valence-electron chi connectivity index (χ2n) is 9.00. The van der Waals surface area contributed by atoms with Crippen molar-refractivity contribution >= 4 is 0 Å². The highest BCUT2D eigenvalue weighted by Gasteiger charge is 2.35. The van der Waals surface area contributed by atoms with E-state index in [9.17, 15) is 26.3 Å². The predicted octanol–water partition coefficient (Wildman–Crippen LogP) is 9.13. The number of halogens is 6. The minimum absolute atomic E-state index is 0.00801. The van der Waals surface area contributed by atoms with Gasteiger partial charge in [0.05, 0.1) is 5.56 Å². The zero-order valence-corrected chi connectivity index (χ0v) is 19.3. The smallest absolute Gasteiger partial charge is 0.405 e. The number of rotatable bonds is 3. The van der Waals surface area contributed by atoms with Gasteiger partial charge in [-0.05, 0) is 95.1 Å². The van der Waals surface area contributed by atoms with Crippen molar-refractivity contribution in [2.45, 2.75) is 32.8 Å². The lowest BCUT2D eigenvalue weighted by Crippen LogP contribution is -2.18. The van der Waals surface area contributed by atoms with Crippen LogP contribution in [0.15, 0.2) is 72.8 Å². The SMILES string of the molecule is Cc1cccc(-c2cc3c(cc2C)Cc2cc(OC(F)(F)F)c(-c4cccc(C(F)(F)F)c4)cc2-3)c1. The molecule has 4 aromatic carbocycles. The largest absolute Gasteiger partial charge is 0.573 e. The maximum atomic E-state index is 13.3. The Kier molecular flexibility index (Phi) is 5.62. The fourth-order valence-corrected chi connectivity index (χ4v) is 4.81. The summed E-state index contributed by atoms with van der Waals surface area (Å²) in [5.74, 6) is -0.524. The molecule has 1 aliphatic carbocycles. The topological polar surface area (TPSA) is 9.23 Å². The lowest BCUT2D eigenvalue weighted by Gasteiger charge is -2.17. The molecule has 0 atom stereocenters. The van der Waals surface area contributed by atoms with Gasteiger partial charge in [0.1, 0.15) is 5.75 Å². The van der Waals surface area contributed by atoms with Crippen LogP contribution in [0.25, 0.3) is 33.4 Å². The van der Waals surface area contributed by atoms with Gasteiger partial charge < -0.3 is 4.74 Å². The van der Waals surface area contributed by atoms with Crippen molar-refractivity contribution in [3.05, 3.63) is 101 Å². The molecule has 0 unspecified atom stereocenters. The molecule has 0 heterocycles. The highest BCUT2D eigenvalue weighted by Crippen LogP contribution is 2.46. The van der Waals surface area contributed by atoms with Gasteiger partial charge in [-0.1, -0.05) is 48.0 Å². The maximum absolute atomic E-state index is 13.3. The number of hydrogen-bond acceptors (Lipinski definition) is 1. The van der Waals surface area contributed by atoms with Crippen LogP contribution in [-0.2, 0) is 12.6 Å². The average molecular weight is 498 g/mol. The second kappa shape index (κ2) is 8.43. The molecule has 0 aromatic heterocycles. The number of hydrogen-bond donors (Lipinski definition) is 0. The van der Waals surface area contributed by atoms with Gasteiger partial charge in [-0.25, -0.2) is 0 Å². The number of benzene rings is 4. The van der Waals surface area contributed by atoms with Crippen molar-refractivity contribution in [3.63, 3.8) is 0 Å². The van der Waals surface area contributed by atoms with E-state index in [1.807, 2.05) is 44.2 Å². The first-order chi connectivity index (χ1) is 16.9. The summed E-state index contributed by atoms with van der Waals surface area (Å²) >= 11 is 0. The minimum Gasteiger partial charge on any atom is -0.405 e. The van der Waals surface area contributed by atoms with Crippen LogP contribution in [0.1, 0.15) is 27.8 Å². The highest BCUT2D eigenvalue weighted by molar-refractivity contribution is 5.87. The number of alkyl halides is 6. The molecule has 0 aliphatic heterocycles. The summed E-state index contributed by atoms with van der Waals surface area (Å²) in [6.45, 7) is 3.97. The average Bonchev–Trinajstić information content (AvgIpc) is 3.12. The first kappa shape index (κ1) is 24.0. The van der Waals surface area contributed by atoms with E-state index in [2.05, 4.69) is 10.8 Å². The number of fused-ring (bicyclic) bond motifs is 3. The molecule has 7 heteroatoms. The molecule has 0 N–H and O–H groups in total. The monoisotopic (exact) mass is 498 g/mol. The third-order valence-corrected chi connectivity index (χ3v) is 6.38. The van der Waals surface area contributed by atoms with Gasteiger partial charge in [0.2, 0.25) is 0 Å². The molecule has 5 rings (SSSR count). The van der Waals surface area contributed by atoms with Crippen molar-refractivity contribution in [1.82, 2.24) is 0 Å². The van der Waals surface area contributed by atoms with Gasteiger partial charge >= 0.3 is 12.5 Å². The van der Waals surface area contributed by atoms with Crippen LogP contribution in [0.2, 0.25) is 0 Å². The van der Waals surface area contributed by atoms with Crippen molar-refractivity contribution < 1.29 is 31.1 Å². The molecule has 0 saturated heterocycles. The molecule has 0 bridgehead atoms. The molecule has 36 heavy (non-hydrogen) atoms. The molecular weight excluding hydrogens is 478 g/mol. The summed E-state index contributed by atoms with van der Waals surface area (Å²) in [5, 5.41) is 0. The molecule has 1 nitrogen and oxygen atoms in total. The van der Waals surface area contributed by atoms with Crippen LogP contribution in [0.3, 0.4) is 0 Å². The summed E-state index contributed by atoms with van der Waals surface area (Å²) in [4.78, 5) is 0. The Morgan fingerprint density at radius 3 is 1.89 bits per heavy atom. The quantitative estimate of drug-likeness (QED) is 0.225. The molecule has 0 fully saturated rings. The Hall–Kier alpha value is -3.74. The van der Waals surface area contributed by atoms with Crippen LogP contribution in [-0.4, -0.2) is 6.36 Å². The molecule has 184 valence electrons. The van der Waals surface area contributed by atoms with Crippen molar-refractivity contribution in [2.75, 3.05) is 0 Å². The molecule has 1 aliphatic rings. The van der Waals surface area contributed by atoms with Crippen LogP contribution in [0, 0.1) is 13.8 Å². The zero-order chi connectivity index (χ0) is 25.8. The zero-order valence-electron chi connectivity index (χ0n) is 19.3. The first-order valence-corrected chi connectivity index (χ1v) is 11.2. The summed E-state index contributed by atoms with van der Waals surface area (Å²) in [5.41, 5.74) is 6.20. The van der Waals surface area contributed by atoms with Crippen molar-refractivity contribution in [2.24, 2.45) is 0 Å². The first-order valence-electron chi connectivity index (χ1n) is 11.2. The molecule has 0 amide bonds. The Morgan fingerprint density at radius 1 is 0.639 bits per heavy atom. The van der Waals surface area contributed by atoms with Gasteiger partial charge in [-0.2, -0.15) is 13.2 Å².